The zero-order chi connectivity index (χ0) is 11.5. The first-order chi connectivity index (χ1) is 7.72. The topological polar surface area (TPSA) is 32.3 Å². The van der Waals surface area contributed by atoms with E-state index in [1.165, 1.54) is 12.1 Å². The highest BCUT2D eigenvalue weighted by molar-refractivity contribution is 5.94. The Hall–Kier alpha value is -1.13. The largest absolute Gasteiger partial charge is 0.337 e. The lowest BCUT2D eigenvalue weighted by Crippen LogP contribution is -2.33. The van der Waals surface area contributed by atoms with Crippen LogP contribution in [0.4, 0.5) is 4.39 Å². The van der Waals surface area contributed by atoms with E-state index in [-0.39, 0.29) is 23.9 Å². The van der Waals surface area contributed by atoms with E-state index in [0.717, 1.165) is 6.42 Å². The minimum atomic E-state index is -0.444. The van der Waals surface area contributed by atoms with Gasteiger partial charge in [0.05, 0.1) is 5.56 Å². The van der Waals surface area contributed by atoms with Crippen molar-refractivity contribution in [2.75, 3.05) is 20.1 Å². The molecule has 0 spiro atoms. The van der Waals surface area contributed by atoms with Crippen LogP contribution >= 0.6 is 12.4 Å². The normalized spacial score (nSPS) is 18.9. The number of halogens is 2. The van der Waals surface area contributed by atoms with Crippen molar-refractivity contribution in [1.29, 1.82) is 0 Å². The van der Waals surface area contributed by atoms with Gasteiger partial charge in [-0.05, 0) is 25.6 Å². The van der Waals surface area contributed by atoms with Crippen LogP contribution in [0.25, 0.3) is 0 Å². The van der Waals surface area contributed by atoms with Gasteiger partial charge in [0.25, 0.3) is 5.91 Å². The molecule has 0 bridgehead atoms. The highest BCUT2D eigenvalue weighted by Gasteiger charge is 2.26. The molecule has 17 heavy (non-hydrogen) atoms. The number of likely N-dealkylation sites (tertiary alicyclic amines) is 1. The molecule has 1 aromatic rings. The average Bonchev–Trinajstić information content (AvgIpc) is 2.77. The quantitative estimate of drug-likeness (QED) is 0.876. The number of carbonyl (C=O) groups is 1. The molecule has 1 N–H and O–H groups in total. The summed E-state index contributed by atoms with van der Waals surface area (Å²) in [5.41, 5.74) is 0.166. The van der Waals surface area contributed by atoms with Crippen molar-refractivity contribution in [3.05, 3.63) is 35.6 Å². The second kappa shape index (κ2) is 5.98. The molecule has 0 radical (unpaired) electrons. The number of amides is 1. The molecule has 2 rings (SSSR count). The smallest absolute Gasteiger partial charge is 0.256 e. The van der Waals surface area contributed by atoms with E-state index in [1.807, 2.05) is 7.05 Å². The first-order valence-electron chi connectivity index (χ1n) is 5.43. The average molecular weight is 259 g/mol. The third kappa shape index (κ3) is 2.96. The number of nitrogens with one attached hydrogen (secondary N) is 1. The third-order valence-electron chi connectivity index (χ3n) is 2.99. The second-order valence-electron chi connectivity index (χ2n) is 4.01. The molecule has 0 aromatic heterocycles. The van der Waals surface area contributed by atoms with Gasteiger partial charge >= 0.3 is 0 Å². The van der Waals surface area contributed by atoms with Crippen molar-refractivity contribution in [3.8, 4) is 0 Å². The van der Waals surface area contributed by atoms with E-state index >= 15 is 0 Å². The van der Waals surface area contributed by atoms with Gasteiger partial charge in [0, 0.05) is 19.1 Å². The van der Waals surface area contributed by atoms with Crippen molar-refractivity contribution in [1.82, 2.24) is 10.2 Å². The number of hydrogen-bond acceptors (Lipinski definition) is 2. The van der Waals surface area contributed by atoms with Crippen LogP contribution < -0.4 is 5.32 Å². The van der Waals surface area contributed by atoms with Crippen LogP contribution in [0.1, 0.15) is 16.8 Å². The van der Waals surface area contributed by atoms with Gasteiger partial charge in [-0.3, -0.25) is 4.79 Å². The summed E-state index contributed by atoms with van der Waals surface area (Å²) in [7, 11) is 1.88. The Balaban J connectivity index is 0.00000144. The van der Waals surface area contributed by atoms with E-state index in [9.17, 15) is 9.18 Å². The molecule has 0 saturated carbocycles. The maximum atomic E-state index is 13.4. The molecule has 1 aliphatic heterocycles. The summed E-state index contributed by atoms with van der Waals surface area (Å²) in [4.78, 5) is 13.7. The summed E-state index contributed by atoms with van der Waals surface area (Å²) in [5, 5.41) is 3.13. The molecule has 0 aliphatic carbocycles. The number of nitrogens with zero attached hydrogens (tertiary/aromatic N) is 1. The Morgan fingerprint density at radius 1 is 1.47 bits per heavy atom. The fraction of sp³-hybridized carbons (Fsp3) is 0.417. The number of rotatable bonds is 2. The summed E-state index contributed by atoms with van der Waals surface area (Å²) in [6.45, 7) is 1.35. The molecular weight excluding hydrogens is 243 g/mol. The van der Waals surface area contributed by atoms with Crippen LogP contribution in [-0.4, -0.2) is 37.0 Å². The number of likely N-dealkylation sites (N-methyl/N-ethyl adjacent to an activating group) is 1. The van der Waals surface area contributed by atoms with Gasteiger partial charge in [-0.1, -0.05) is 12.1 Å². The highest BCUT2D eigenvalue weighted by atomic mass is 35.5. The zero-order valence-electron chi connectivity index (χ0n) is 9.65. The fourth-order valence-electron chi connectivity index (χ4n) is 1.99. The minimum Gasteiger partial charge on any atom is -0.337 e. The van der Waals surface area contributed by atoms with Crippen molar-refractivity contribution >= 4 is 18.3 Å². The molecule has 1 aromatic carbocycles. The van der Waals surface area contributed by atoms with E-state index in [0.29, 0.717) is 19.1 Å². The number of carbonyl (C=O) groups excluding carboxylic acids is 1. The van der Waals surface area contributed by atoms with E-state index < -0.39 is 5.82 Å². The number of benzene rings is 1. The van der Waals surface area contributed by atoms with Gasteiger partial charge in [-0.25, -0.2) is 4.39 Å². The summed E-state index contributed by atoms with van der Waals surface area (Å²) in [6, 6.07) is 6.45. The van der Waals surface area contributed by atoms with Crippen LogP contribution in [0.3, 0.4) is 0 Å². The van der Waals surface area contributed by atoms with Gasteiger partial charge in [0.15, 0.2) is 0 Å². The lowest BCUT2D eigenvalue weighted by atomic mass is 10.2. The Bertz CT molecular complexity index is 400. The van der Waals surface area contributed by atoms with Crippen LogP contribution in [0.15, 0.2) is 24.3 Å². The predicted molar refractivity (Wildman–Crippen MR) is 67.0 cm³/mol. The van der Waals surface area contributed by atoms with E-state index in [4.69, 9.17) is 0 Å². The molecule has 1 aliphatic rings. The maximum Gasteiger partial charge on any atom is 0.256 e. The highest BCUT2D eigenvalue weighted by Crippen LogP contribution is 2.15. The maximum absolute atomic E-state index is 13.4. The van der Waals surface area contributed by atoms with E-state index in [1.54, 1.807) is 17.0 Å². The molecule has 1 amide bonds. The molecule has 1 heterocycles. The lowest BCUT2D eigenvalue weighted by Gasteiger charge is -2.16. The Morgan fingerprint density at radius 2 is 2.18 bits per heavy atom. The van der Waals surface area contributed by atoms with Crippen LogP contribution in [-0.2, 0) is 0 Å². The molecular formula is C12H16ClFN2O. The molecule has 1 fully saturated rings. The second-order valence-corrected chi connectivity index (χ2v) is 4.01. The Labute approximate surface area is 106 Å². The standard InChI is InChI=1S/C12H15FN2O.ClH/c1-14-9-6-7-15(8-9)12(16)10-4-2-3-5-11(10)13;/h2-5,9,14H,6-8H2,1H3;1H/t9-;/m1./s1. The predicted octanol–water partition coefficient (Wildman–Crippen LogP) is 1.68. The Kier molecular flexibility index (Phi) is 4.90. The van der Waals surface area contributed by atoms with Gasteiger partial charge in [-0.2, -0.15) is 0 Å². The van der Waals surface area contributed by atoms with Crippen molar-refractivity contribution in [3.63, 3.8) is 0 Å². The summed E-state index contributed by atoms with van der Waals surface area (Å²) < 4.78 is 13.4. The lowest BCUT2D eigenvalue weighted by molar-refractivity contribution is 0.0785. The molecule has 1 atom stereocenters. The Morgan fingerprint density at radius 3 is 2.76 bits per heavy atom. The summed E-state index contributed by atoms with van der Waals surface area (Å²) >= 11 is 0. The van der Waals surface area contributed by atoms with Crippen LogP contribution in [0.5, 0.6) is 0 Å². The first-order valence-corrected chi connectivity index (χ1v) is 5.43. The van der Waals surface area contributed by atoms with Crippen molar-refractivity contribution < 1.29 is 9.18 Å². The van der Waals surface area contributed by atoms with Crippen LogP contribution in [0, 0.1) is 5.82 Å². The minimum absolute atomic E-state index is 0. The molecule has 1 saturated heterocycles. The molecule has 94 valence electrons. The third-order valence-corrected chi connectivity index (χ3v) is 2.99. The monoisotopic (exact) mass is 258 g/mol. The van der Waals surface area contributed by atoms with Gasteiger partial charge < -0.3 is 10.2 Å². The van der Waals surface area contributed by atoms with Crippen molar-refractivity contribution in [2.24, 2.45) is 0 Å². The summed E-state index contributed by atoms with van der Waals surface area (Å²) in [5.74, 6) is -0.656. The van der Waals surface area contributed by atoms with Crippen molar-refractivity contribution in [2.45, 2.75) is 12.5 Å². The zero-order valence-corrected chi connectivity index (χ0v) is 10.5. The SMILES string of the molecule is CN[C@@H]1CCN(C(=O)c2ccccc2F)C1.Cl. The molecule has 0 unspecified atom stereocenters. The number of hydrogen-bond donors (Lipinski definition) is 1. The van der Waals surface area contributed by atoms with Crippen LogP contribution in [0.2, 0.25) is 0 Å². The summed E-state index contributed by atoms with van der Waals surface area (Å²) in [6.07, 6.45) is 0.927. The molecule has 3 nitrogen and oxygen atoms in total. The molecule has 5 heteroatoms. The fourth-order valence-corrected chi connectivity index (χ4v) is 1.99. The first kappa shape index (κ1) is 13.9. The van der Waals surface area contributed by atoms with E-state index in [2.05, 4.69) is 5.32 Å². The van der Waals surface area contributed by atoms with Gasteiger partial charge in [0.1, 0.15) is 5.82 Å². The van der Waals surface area contributed by atoms with Gasteiger partial charge in [0.2, 0.25) is 0 Å². The van der Waals surface area contributed by atoms with Gasteiger partial charge in [-0.15, -0.1) is 12.4 Å².